The molecule has 0 spiro atoms. The molecule has 0 fully saturated rings. The van der Waals surface area contributed by atoms with Crippen molar-refractivity contribution in [3.05, 3.63) is 29.8 Å². The van der Waals surface area contributed by atoms with Crippen molar-refractivity contribution < 1.29 is 14.3 Å². The van der Waals surface area contributed by atoms with Crippen molar-refractivity contribution in [2.45, 2.75) is 71.1 Å². The highest BCUT2D eigenvalue weighted by atomic mass is 16.5. The maximum absolute atomic E-state index is 11.6. The van der Waals surface area contributed by atoms with Crippen molar-refractivity contribution in [2.75, 3.05) is 13.7 Å². The third kappa shape index (κ3) is 8.63. The Kier molecular flexibility index (Phi) is 11.0. The summed E-state index contributed by atoms with van der Waals surface area (Å²) in [5.41, 5.74) is 0.502. The van der Waals surface area contributed by atoms with Gasteiger partial charge in [0.15, 0.2) is 0 Å². The van der Waals surface area contributed by atoms with Gasteiger partial charge in [-0.3, -0.25) is 0 Å². The average Bonchev–Trinajstić information content (AvgIpc) is 2.59. The molecule has 0 aliphatic carbocycles. The minimum absolute atomic E-state index is 0.344. The first-order valence-electron chi connectivity index (χ1n) is 9.09. The summed E-state index contributed by atoms with van der Waals surface area (Å²) in [5, 5.41) is 0. The van der Waals surface area contributed by atoms with Crippen LogP contribution >= 0.6 is 0 Å². The summed E-state index contributed by atoms with van der Waals surface area (Å²) in [5.74, 6) is 0.277. The van der Waals surface area contributed by atoms with Gasteiger partial charge >= 0.3 is 5.97 Å². The highest BCUT2D eigenvalue weighted by molar-refractivity contribution is 5.92. The van der Waals surface area contributed by atoms with E-state index in [4.69, 9.17) is 9.47 Å². The molecule has 23 heavy (non-hydrogen) atoms. The van der Waals surface area contributed by atoms with Gasteiger partial charge in [0.1, 0.15) is 11.3 Å². The first-order valence-corrected chi connectivity index (χ1v) is 9.09. The predicted molar refractivity (Wildman–Crippen MR) is 95.1 cm³/mol. The number of esters is 1. The van der Waals surface area contributed by atoms with Gasteiger partial charge in [-0.05, 0) is 18.6 Å². The standard InChI is InChI=1S/C20H32O3/c1-3-4-5-6-7-8-9-10-11-14-17-23-19-16-13-12-15-18(19)20(21)22-2/h12-13,15-16H,3-11,14,17H2,1-2H3. The largest absolute Gasteiger partial charge is 0.493 e. The third-order valence-electron chi connectivity index (χ3n) is 4.05. The van der Waals surface area contributed by atoms with E-state index < -0.39 is 0 Å². The zero-order valence-electron chi connectivity index (χ0n) is 14.8. The Morgan fingerprint density at radius 2 is 1.43 bits per heavy atom. The van der Waals surface area contributed by atoms with E-state index in [9.17, 15) is 4.79 Å². The van der Waals surface area contributed by atoms with Gasteiger partial charge in [0.25, 0.3) is 0 Å². The molecule has 3 nitrogen and oxygen atoms in total. The quantitative estimate of drug-likeness (QED) is 0.342. The molecule has 1 aromatic carbocycles. The van der Waals surface area contributed by atoms with Crippen molar-refractivity contribution in [3.8, 4) is 5.75 Å². The van der Waals surface area contributed by atoms with Crippen LogP contribution in [0.5, 0.6) is 5.75 Å². The molecule has 0 N–H and O–H groups in total. The number of ether oxygens (including phenoxy) is 2. The van der Waals surface area contributed by atoms with Crippen LogP contribution < -0.4 is 4.74 Å². The lowest BCUT2D eigenvalue weighted by atomic mass is 10.1. The van der Waals surface area contributed by atoms with Crippen LogP contribution in [0.3, 0.4) is 0 Å². The number of unbranched alkanes of at least 4 members (excludes halogenated alkanes) is 9. The molecule has 0 heterocycles. The zero-order chi connectivity index (χ0) is 16.8. The fourth-order valence-electron chi connectivity index (χ4n) is 2.64. The normalized spacial score (nSPS) is 10.5. The van der Waals surface area contributed by atoms with Gasteiger partial charge in [0, 0.05) is 0 Å². The van der Waals surface area contributed by atoms with Crippen LogP contribution in [0.15, 0.2) is 24.3 Å². The van der Waals surface area contributed by atoms with E-state index in [1.807, 2.05) is 18.2 Å². The second-order valence-corrected chi connectivity index (χ2v) is 6.02. The van der Waals surface area contributed by atoms with E-state index in [1.165, 1.54) is 64.9 Å². The van der Waals surface area contributed by atoms with Gasteiger partial charge in [-0.2, -0.15) is 0 Å². The molecule has 0 saturated heterocycles. The van der Waals surface area contributed by atoms with E-state index in [0.717, 1.165) is 6.42 Å². The number of hydrogen-bond donors (Lipinski definition) is 0. The second-order valence-electron chi connectivity index (χ2n) is 6.02. The molecule has 1 rings (SSSR count). The molecular formula is C20H32O3. The van der Waals surface area contributed by atoms with Crippen molar-refractivity contribution in [3.63, 3.8) is 0 Å². The molecule has 130 valence electrons. The summed E-state index contributed by atoms with van der Waals surface area (Å²) >= 11 is 0. The molecule has 0 bridgehead atoms. The molecule has 0 aliphatic rings. The summed E-state index contributed by atoms with van der Waals surface area (Å²) in [4.78, 5) is 11.6. The van der Waals surface area contributed by atoms with Gasteiger partial charge in [0.05, 0.1) is 13.7 Å². The number of rotatable bonds is 13. The summed E-state index contributed by atoms with van der Waals surface area (Å²) < 4.78 is 10.5. The molecule has 0 amide bonds. The topological polar surface area (TPSA) is 35.5 Å². The van der Waals surface area contributed by atoms with Gasteiger partial charge in [0.2, 0.25) is 0 Å². The Balaban J connectivity index is 2.06. The van der Waals surface area contributed by atoms with Crippen molar-refractivity contribution >= 4 is 5.97 Å². The molecule has 0 radical (unpaired) electrons. The van der Waals surface area contributed by atoms with Crippen LogP contribution in [0.4, 0.5) is 0 Å². The molecule has 0 atom stereocenters. The highest BCUT2D eigenvalue weighted by Gasteiger charge is 2.11. The van der Waals surface area contributed by atoms with E-state index in [-0.39, 0.29) is 5.97 Å². The number of para-hydroxylation sites is 1. The predicted octanol–water partition coefficient (Wildman–Crippen LogP) is 5.77. The lowest BCUT2D eigenvalue weighted by Crippen LogP contribution is -2.06. The lowest BCUT2D eigenvalue weighted by Gasteiger charge is -2.10. The lowest BCUT2D eigenvalue weighted by molar-refractivity contribution is 0.0596. The smallest absolute Gasteiger partial charge is 0.341 e. The van der Waals surface area contributed by atoms with Gasteiger partial charge in [-0.1, -0.05) is 76.8 Å². The van der Waals surface area contributed by atoms with E-state index in [1.54, 1.807) is 6.07 Å². The first-order chi connectivity index (χ1) is 11.3. The highest BCUT2D eigenvalue weighted by Crippen LogP contribution is 2.19. The number of carbonyl (C=O) groups is 1. The van der Waals surface area contributed by atoms with Gasteiger partial charge in [-0.15, -0.1) is 0 Å². The number of hydrogen-bond acceptors (Lipinski definition) is 3. The Labute approximate surface area is 141 Å². The van der Waals surface area contributed by atoms with Crippen LogP contribution in [0.25, 0.3) is 0 Å². The summed E-state index contributed by atoms with van der Waals surface area (Å²) in [6.45, 7) is 2.91. The van der Waals surface area contributed by atoms with E-state index in [0.29, 0.717) is 17.9 Å². The molecule has 0 unspecified atom stereocenters. The van der Waals surface area contributed by atoms with Crippen molar-refractivity contribution in [1.29, 1.82) is 0 Å². The maximum Gasteiger partial charge on any atom is 0.341 e. The van der Waals surface area contributed by atoms with Crippen LogP contribution in [-0.4, -0.2) is 19.7 Å². The molecule has 0 aliphatic heterocycles. The summed E-state index contributed by atoms with van der Waals surface area (Å²) in [7, 11) is 1.39. The minimum Gasteiger partial charge on any atom is -0.493 e. The van der Waals surface area contributed by atoms with Crippen LogP contribution in [0.1, 0.15) is 81.5 Å². The SMILES string of the molecule is CCCCCCCCCCCCOc1ccccc1C(=O)OC. The Hall–Kier alpha value is -1.51. The molecule has 0 aromatic heterocycles. The summed E-state index contributed by atoms with van der Waals surface area (Å²) in [6, 6.07) is 7.25. The van der Waals surface area contributed by atoms with E-state index >= 15 is 0 Å². The van der Waals surface area contributed by atoms with Crippen molar-refractivity contribution in [1.82, 2.24) is 0 Å². The monoisotopic (exact) mass is 320 g/mol. The number of methoxy groups -OCH3 is 1. The van der Waals surface area contributed by atoms with Gasteiger partial charge < -0.3 is 9.47 Å². The Morgan fingerprint density at radius 1 is 0.870 bits per heavy atom. The fraction of sp³-hybridized carbons (Fsp3) is 0.650. The zero-order valence-corrected chi connectivity index (χ0v) is 14.8. The Morgan fingerprint density at radius 3 is 2.04 bits per heavy atom. The van der Waals surface area contributed by atoms with Gasteiger partial charge in [-0.25, -0.2) is 4.79 Å². The van der Waals surface area contributed by atoms with E-state index in [2.05, 4.69) is 6.92 Å². The van der Waals surface area contributed by atoms with Crippen LogP contribution in [-0.2, 0) is 4.74 Å². The van der Waals surface area contributed by atoms with Crippen molar-refractivity contribution in [2.24, 2.45) is 0 Å². The Bertz CT molecular complexity index is 429. The summed E-state index contributed by atoms with van der Waals surface area (Å²) in [6.07, 6.45) is 13.0. The number of carbonyl (C=O) groups excluding carboxylic acids is 1. The molecule has 1 aromatic rings. The minimum atomic E-state index is -0.344. The third-order valence-corrected chi connectivity index (χ3v) is 4.05. The number of benzene rings is 1. The molecule has 3 heteroatoms. The molecular weight excluding hydrogens is 288 g/mol. The maximum atomic E-state index is 11.6. The second kappa shape index (κ2) is 13.0. The fourth-order valence-corrected chi connectivity index (χ4v) is 2.64. The molecule has 0 saturated carbocycles. The average molecular weight is 320 g/mol. The first kappa shape index (κ1) is 19.5. The van der Waals surface area contributed by atoms with Crippen LogP contribution in [0, 0.1) is 0 Å². The van der Waals surface area contributed by atoms with Crippen LogP contribution in [0.2, 0.25) is 0 Å².